The minimum atomic E-state index is -0.527. The summed E-state index contributed by atoms with van der Waals surface area (Å²) >= 11 is 0. The van der Waals surface area contributed by atoms with Gasteiger partial charge in [-0.1, -0.05) is 30.3 Å². The van der Waals surface area contributed by atoms with Crippen LogP contribution in [0.3, 0.4) is 0 Å². The lowest BCUT2D eigenvalue weighted by Crippen LogP contribution is -2.39. The minimum Gasteiger partial charge on any atom is -0.491 e. The Kier molecular flexibility index (Phi) is 7.58. The van der Waals surface area contributed by atoms with Crippen LogP contribution in [0.1, 0.15) is 16.8 Å². The van der Waals surface area contributed by atoms with E-state index in [4.69, 9.17) is 9.47 Å². The van der Waals surface area contributed by atoms with E-state index in [1.165, 1.54) is 12.1 Å². The Hall–Kier alpha value is -2.93. The Morgan fingerprint density at radius 3 is 2.34 bits per heavy atom. The first-order valence-corrected chi connectivity index (χ1v) is 9.72. The Morgan fingerprint density at radius 1 is 0.862 bits per heavy atom. The molecule has 1 fully saturated rings. The van der Waals surface area contributed by atoms with Crippen LogP contribution >= 0.6 is 0 Å². The molecule has 0 bridgehead atoms. The first-order chi connectivity index (χ1) is 14.1. The lowest BCUT2D eigenvalue weighted by molar-refractivity contribution is -0.136. The molecule has 0 unspecified atom stereocenters. The van der Waals surface area contributed by atoms with Crippen molar-refractivity contribution in [2.24, 2.45) is 0 Å². The summed E-state index contributed by atoms with van der Waals surface area (Å²) in [5.41, 5.74) is 0.0639. The number of carbonyl (C=O) groups excluding carboxylic acids is 2. The molecule has 0 radical (unpaired) electrons. The van der Waals surface area contributed by atoms with Crippen LogP contribution in [0.2, 0.25) is 0 Å². The van der Waals surface area contributed by atoms with Gasteiger partial charge in [-0.3, -0.25) is 9.59 Å². The molecule has 6 nitrogen and oxygen atoms in total. The lowest BCUT2D eigenvalue weighted by atomic mass is 10.2. The predicted octanol–water partition coefficient (Wildman–Crippen LogP) is 2.60. The number of ether oxygens (including phenoxy) is 2. The van der Waals surface area contributed by atoms with E-state index in [9.17, 15) is 14.0 Å². The van der Waals surface area contributed by atoms with Gasteiger partial charge in [0.05, 0.1) is 12.2 Å². The number of benzene rings is 2. The summed E-state index contributed by atoms with van der Waals surface area (Å²) in [4.78, 5) is 28.2. The fraction of sp³-hybridized carbons (Fsp3) is 0.364. The number of rotatable bonds is 7. The molecule has 0 aliphatic carbocycles. The average molecular weight is 400 g/mol. The van der Waals surface area contributed by atoms with Crippen molar-refractivity contribution in [2.45, 2.75) is 6.42 Å². The van der Waals surface area contributed by atoms with E-state index in [0.717, 1.165) is 5.75 Å². The molecule has 2 amide bonds. The van der Waals surface area contributed by atoms with Crippen molar-refractivity contribution in [3.63, 3.8) is 0 Å². The number of hydrogen-bond donors (Lipinski definition) is 0. The van der Waals surface area contributed by atoms with Crippen LogP contribution in [-0.4, -0.2) is 67.6 Å². The molecule has 0 atom stereocenters. The van der Waals surface area contributed by atoms with Crippen LogP contribution in [0.15, 0.2) is 54.6 Å². The number of amides is 2. The van der Waals surface area contributed by atoms with Gasteiger partial charge < -0.3 is 19.3 Å². The first kappa shape index (κ1) is 20.8. The second-order valence-electron chi connectivity index (χ2n) is 6.72. The highest BCUT2D eigenvalue weighted by Crippen LogP contribution is 2.13. The highest BCUT2D eigenvalue weighted by atomic mass is 19.1. The average Bonchev–Trinajstić information content (AvgIpc) is 3.00. The van der Waals surface area contributed by atoms with Crippen molar-refractivity contribution in [2.75, 3.05) is 46.0 Å². The normalized spacial score (nSPS) is 14.4. The molecular formula is C22H25FN2O4. The van der Waals surface area contributed by atoms with Crippen LogP contribution in [0.5, 0.6) is 5.75 Å². The zero-order valence-corrected chi connectivity index (χ0v) is 16.3. The van der Waals surface area contributed by atoms with Gasteiger partial charge >= 0.3 is 0 Å². The third-order valence-electron chi connectivity index (χ3n) is 4.71. The molecule has 0 aromatic heterocycles. The molecular weight excluding hydrogens is 375 g/mol. The minimum absolute atomic E-state index is 0.0284. The maximum atomic E-state index is 13.9. The summed E-state index contributed by atoms with van der Waals surface area (Å²) in [5, 5.41) is 0. The third kappa shape index (κ3) is 6.02. The first-order valence-electron chi connectivity index (χ1n) is 9.72. The lowest BCUT2D eigenvalue weighted by Gasteiger charge is -2.22. The molecule has 3 rings (SSSR count). The number of halogens is 1. The van der Waals surface area contributed by atoms with Crippen molar-refractivity contribution in [1.29, 1.82) is 0 Å². The highest BCUT2D eigenvalue weighted by Gasteiger charge is 2.24. The van der Waals surface area contributed by atoms with Gasteiger partial charge in [0.15, 0.2) is 0 Å². The SMILES string of the molecule is O=C(COCCOc1ccccc1)N1CCCN(C(=O)c2ccccc2F)CC1. The number of carbonyl (C=O) groups is 2. The van der Waals surface area contributed by atoms with E-state index in [-0.39, 0.29) is 24.0 Å². The largest absolute Gasteiger partial charge is 0.491 e. The van der Waals surface area contributed by atoms with Gasteiger partial charge in [-0.15, -0.1) is 0 Å². The molecule has 0 spiro atoms. The standard InChI is InChI=1S/C22H25FN2O4/c23-20-10-5-4-9-19(20)22(27)25-12-6-11-24(13-14-25)21(26)17-28-15-16-29-18-7-2-1-3-8-18/h1-5,7-10H,6,11-17H2. The van der Waals surface area contributed by atoms with E-state index < -0.39 is 5.82 Å². The molecule has 0 N–H and O–H groups in total. The van der Waals surface area contributed by atoms with Gasteiger partial charge in [0.2, 0.25) is 5.91 Å². The van der Waals surface area contributed by atoms with E-state index in [0.29, 0.717) is 45.8 Å². The maximum absolute atomic E-state index is 13.9. The zero-order valence-electron chi connectivity index (χ0n) is 16.3. The van der Waals surface area contributed by atoms with Gasteiger partial charge in [-0.05, 0) is 30.7 Å². The molecule has 1 aliphatic heterocycles. The monoisotopic (exact) mass is 400 g/mol. The fourth-order valence-corrected chi connectivity index (χ4v) is 3.16. The Morgan fingerprint density at radius 2 is 1.55 bits per heavy atom. The van der Waals surface area contributed by atoms with Crippen LogP contribution < -0.4 is 4.74 Å². The number of nitrogens with zero attached hydrogens (tertiary/aromatic N) is 2. The second-order valence-corrected chi connectivity index (χ2v) is 6.72. The summed E-state index contributed by atoms with van der Waals surface area (Å²) in [5.74, 6) is -0.230. The Balaban J connectivity index is 1.40. The third-order valence-corrected chi connectivity index (χ3v) is 4.71. The smallest absolute Gasteiger partial charge is 0.256 e. The fourth-order valence-electron chi connectivity index (χ4n) is 3.16. The molecule has 7 heteroatoms. The molecule has 1 saturated heterocycles. The summed E-state index contributed by atoms with van der Waals surface area (Å²) < 4.78 is 24.8. The molecule has 1 heterocycles. The highest BCUT2D eigenvalue weighted by molar-refractivity contribution is 5.94. The maximum Gasteiger partial charge on any atom is 0.256 e. The van der Waals surface area contributed by atoms with E-state index >= 15 is 0 Å². The number of para-hydroxylation sites is 1. The van der Waals surface area contributed by atoms with Crippen molar-refractivity contribution in [3.05, 3.63) is 66.0 Å². The summed E-state index contributed by atoms with van der Waals surface area (Å²) in [7, 11) is 0. The van der Waals surface area contributed by atoms with E-state index in [1.54, 1.807) is 21.9 Å². The van der Waals surface area contributed by atoms with Crippen LogP contribution in [-0.2, 0) is 9.53 Å². The molecule has 2 aromatic rings. The van der Waals surface area contributed by atoms with Crippen molar-refractivity contribution in [3.8, 4) is 5.75 Å². The molecule has 154 valence electrons. The Labute approximate surface area is 169 Å². The summed E-state index contributed by atoms with van der Waals surface area (Å²) in [6.07, 6.45) is 0.642. The zero-order chi connectivity index (χ0) is 20.5. The van der Waals surface area contributed by atoms with Crippen LogP contribution in [0.25, 0.3) is 0 Å². The van der Waals surface area contributed by atoms with Gasteiger partial charge in [0.1, 0.15) is 24.8 Å². The van der Waals surface area contributed by atoms with Gasteiger partial charge in [-0.2, -0.15) is 0 Å². The van der Waals surface area contributed by atoms with Crippen molar-refractivity contribution in [1.82, 2.24) is 9.80 Å². The summed E-state index contributed by atoms with van der Waals surface area (Å²) in [6.45, 7) is 2.46. The molecule has 29 heavy (non-hydrogen) atoms. The van der Waals surface area contributed by atoms with Crippen molar-refractivity contribution < 1.29 is 23.5 Å². The molecule has 0 saturated carbocycles. The predicted molar refractivity (Wildman–Crippen MR) is 106 cm³/mol. The number of hydrogen-bond acceptors (Lipinski definition) is 4. The van der Waals surface area contributed by atoms with Crippen LogP contribution in [0, 0.1) is 5.82 Å². The van der Waals surface area contributed by atoms with Gasteiger partial charge in [0.25, 0.3) is 5.91 Å². The second kappa shape index (κ2) is 10.6. The topological polar surface area (TPSA) is 59.1 Å². The van der Waals surface area contributed by atoms with E-state index in [2.05, 4.69) is 0 Å². The summed E-state index contributed by atoms with van der Waals surface area (Å²) in [6, 6.07) is 15.4. The van der Waals surface area contributed by atoms with Gasteiger partial charge in [0, 0.05) is 26.2 Å². The van der Waals surface area contributed by atoms with Crippen LogP contribution in [0.4, 0.5) is 4.39 Å². The molecule has 2 aromatic carbocycles. The quantitative estimate of drug-likeness (QED) is 0.671. The van der Waals surface area contributed by atoms with Gasteiger partial charge in [-0.25, -0.2) is 4.39 Å². The van der Waals surface area contributed by atoms with Crippen molar-refractivity contribution >= 4 is 11.8 Å². The Bertz CT molecular complexity index is 815. The van der Waals surface area contributed by atoms with E-state index in [1.807, 2.05) is 30.3 Å². The molecule has 1 aliphatic rings.